The van der Waals surface area contributed by atoms with Gasteiger partial charge in [0.2, 0.25) is 0 Å². The molecular weight excluding hydrogens is 254 g/mol. The van der Waals surface area contributed by atoms with Crippen molar-refractivity contribution in [1.82, 2.24) is 5.32 Å². The van der Waals surface area contributed by atoms with E-state index < -0.39 is 12.0 Å². The molecule has 0 aliphatic rings. The second-order valence-electron chi connectivity index (χ2n) is 5.28. The molecule has 4 nitrogen and oxygen atoms in total. The number of hydrogen-bond donors (Lipinski definition) is 2. The molecule has 4 heteroatoms. The molecule has 1 unspecified atom stereocenters. The van der Waals surface area contributed by atoms with Crippen molar-refractivity contribution in [3.8, 4) is 0 Å². The minimum Gasteiger partial charge on any atom is -0.480 e. The molecule has 0 radical (unpaired) electrons. The maximum atomic E-state index is 12.0. The minimum atomic E-state index is -0.981. The third-order valence-electron chi connectivity index (χ3n) is 3.29. The van der Waals surface area contributed by atoms with Crippen LogP contribution in [0.3, 0.4) is 0 Å². The smallest absolute Gasteiger partial charge is 0.326 e. The van der Waals surface area contributed by atoms with Crippen LogP contribution in [-0.4, -0.2) is 23.0 Å². The Labute approximate surface area is 120 Å². The lowest BCUT2D eigenvalue weighted by Crippen LogP contribution is -2.40. The summed E-state index contributed by atoms with van der Waals surface area (Å²) in [6.45, 7) is 6.16. The average molecular weight is 277 g/mol. The standard InChI is InChI=1S/C16H23NO3/c1-4-5-6-14(16(19)20)17-15(18)13-9-7-12(8-10-13)11(2)3/h7-11,14H,4-6H2,1-3H3,(H,17,18)(H,19,20). The predicted molar refractivity (Wildman–Crippen MR) is 78.9 cm³/mol. The van der Waals surface area contributed by atoms with E-state index in [1.807, 2.05) is 19.1 Å². The van der Waals surface area contributed by atoms with Crippen molar-refractivity contribution in [3.05, 3.63) is 35.4 Å². The molecule has 20 heavy (non-hydrogen) atoms. The number of aliphatic carboxylic acids is 1. The van der Waals surface area contributed by atoms with E-state index in [2.05, 4.69) is 19.2 Å². The zero-order chi connectivity index (χ0) is 15.1. The highest BCUT2D eigenvalue weighted by Gasteiger charge is 2.19. The van der Waals surface area contributed by atoms with Crippen molar-refractivity contribution in [2.24, 2.45) is 0 Å². The Morgan fingerprint density at radius 2 is 1.80 bits per heavy atom. The van der Waals surface area contributed by atoms with Gasteiger partial charge in [0, 0.05) is 5.56 Å². The van der Waals surface area contributed by atoms with Crippen molar-refractivity contribution < 1.29 is 14.7 Å². The van der Waals surface area contributed by atoms with Crippen LogP contribution in [0, 0.1) is 0 Å². The normalized spacial score (nSPS) is 12.2. The van der Waals surface area contributed by atoms with Gasteiger partial charge in [-0.05, 0) is 30.0 Å². The van der Waals surface area contributed by atoms with Crippen LogP contribution in [0.1, 0.15) is 61.9 Å². The van der Waals surface area contributed by atoms with E-state index in [4.69, 9.17) is 5.11 Å². The molecule has 0 aliphatic heterocycles. The fraction of sp³-hybridized carbons (Fsp3) is 0.500. The maximum absolute atomic E-state index is 12.0. The highest BCUT2D eigenvalue weighted by Crippen LogP contribution is 2.15. The number of carboxylic acids is 1. The van der Waals surface area contributed by atoms with E-state index in [1.54, 1.807) is 12.1 Å². The maximum Gasteiger partial charge on any atom is 0.326 e. The molecule has 1 atom stereocenters. The Kier molecular flexibility index (Phi) is 6.22. The lowest BCUT2D eigenvalue weighted by Gasteiger charge is -2.14. The topological polar surface area (TPSA) is 66.4 Å². The van der Waals surface area contributed by atoms with Gasteiger partial charge in [-0.15, -0.1) is 0 Å². The first kappa shape index (κ1) is 16.2. The molecular formula is C16H23NO3. The van der Waals surface area contributed by atoms with Gasteiger partial charge in [0.15, 0.2) is 0 Å². The van der Waals surface area contributed by atoms with Gasteiger partial charge in [0.05, 0.1) is 0 Å². The van der Waals surface area contributed by atoms with E-state index in [9.17, 15) is 9.59 Å². The summed E-state index contributed by atoms with van der Waals surface area (Å²) >= 11 is 0. The summed E-state index contributed by atoms with van der Waals surface area (Å²) in [5.41, 5.74) is 1.65. The molecule has 1 aromatic carbocycles. The average Bonchev–Trinajstić information content (AvgIpc) is 2.42. The molecule has 0 aliphatic carbocycles. The molecule has 0 spiro atoms. The van der Waals surface area contributed by atoms with Gasteiger partial charge in [-0.2, -0.15) is 0 Å². The van der Waals surface area contributed by atoms with Crippen LogP contribution < -0.4 is 5.32 Å². The first-order valence-corrected chi connectivity index (χ1v) is 7.09. The molecule has 1 amide bonds. The fourth-order valence-corrected chi connectivity index (χ4v) is 1.93. The van der Waals surface area contributed by atoms with Gasteiger partial charge in [-0.3, -0.25) is 4.79 Å². The predicted octanol–water partition coefficient (Wildman–Crippen LogP) is 3.18. The van der Waals surface area contributed by atoms with E-state index in [-0.39, 0.29) is 5.91 Å². The van der Waals surface area contributed by atoms with Gasteiger partial charge in [0.25, 0.3) is 5.91 Å². The number of carbonyl (C=O) groups excluding carboxylic acids is 1. The second-order valence-corrected chi connectivity index (χ2v) is 5.28. The van der Waals surface area contributed by atoms with Crippen molar-refractivity contribution in [2.45, 2.75) is 52.0 Å². The summed E-state index contributed by atoms with van der Waals surface area (Å²) in [6, 6.07) is 6.47. The van der Waals surface area contributed by atoms with Crippen LogP contribution in [0.25, 0.3) is 0 Å². The zero-order valence-electron chi connectivity index (χ0n) is 12.3. The summed E-state index contributed by atoms with van der Waals surface area (Å²) in [7, 11) is 0. The summed E-state index contributed by atoms with van der Waals surface area (Å²) < 4.78 is 0. The van der Waals surface area contributed by atoms with Crippen LogP contribution in [0.4, 0.5) is 0 Å². The van der Waals surface area contributed by atoms with Crippen LogP contribution in [0.2, 0.25) is 0 Å². The summed E-state index contributed by atoms with van der Waals surface area (Å²) in [5, 5.41) is 11.7. The molecule has 2 N–H and O–H groups in total. The molecule has 0 saturated carbocycles. The van der Waals surface area contributed by atoms with Crippen LogP contribution in [-0.2, 0) is 4.79 Å². The Morgan fingerprint density at radius 1 is 1.20 bits per heavy atom. The van der Waals surface area contributed by atoms with Crippen molar-refractivity contribution in [2.75, 3.05) is 0 Å². The fourth-order valence-electron chi connectivity index (χ4n) is 1.93. The molecule has 0 saturated heterocycles. The summed E-state index contributed by atoms with van der Waals surface area (Å²) in [6.07, 6.45) is 2.15. The number of carboxylic acid groups (broad SMARTS) is 1. The molecule has 0 heterocycles. The number of amides is 1. The zero-order valence-corrected chi connectivity index (χ0v) is 12.3. The number of unbranched alkanes of at least 4 members (excludes halogenated alkanes) is 1. The Morgan fingerprint density at radius 3 is 2.25 bits per heavy atom. The molecule has 1 rings (SSSR count). The van der Waals surface area contributed by atoms with Gasteiger partial charge < -0.3 is 10.4 Å². The van der Waals surface area contributed by atoms with Crippen molar-refractivity contribution in [3.63, 3.8) is 0 Å². The van der Waals surface area contributed by atoms with Crippen molar-refractivity contribution in [1.29, 1.82) is 0 Å². The number of benzene rings is 1. The summed E-state index contributed by atoms with van der Waals surface area (Å²) in [5.74, 6) is -0.905. The van der Waals surface area contributed by atoms with Crippen molar-refractivity contribution >= 4 is 11.9 Å². The highest BCUT2D eigenvalue weighted by atomic mass is 16.4. The molecule has 1 aromatic rings. The Hall–Kier alpha value is -1.84. The highest BCUT2D eigenvalue weighted by molar-refractivity contribution is 5.96. The van der Waals surface area contributed by atoms with E-state index >= 15 is 0 Å². The Bertz CT molecular complexity index is 451. The summed E-state index contributed by atoms with van der Waals surface area (Å²) in [4.78, 5) is 23.1. The largest absolute Gasteiger partial charge is 0.480 e. The lowest BCUT2D eigenvalue weighted by molar-refractivity contribution is -0.139. The molecule has 0 fully saturated rings. The first-order valence-electron chi connectivity index (χ1n) is 7.09. The van der Waals surface area contributed by atoms with Gasteiger partial charge in [0.1, 0.15) is 6.04 Å². The quantitative estimate of drug-likeness (QED) is 0.804. The van der Waals surface area contributed by atoms with Crippen LogP contribution in [0.5, 0.6) is 0 Å². The van der Waals surface area contributed by atoms with Crippen LogP contribution >= 0.6 is 0 Å². The second kappa shape index (κ2) is 7.68. The first-order chi connectivity index (χ1) is 9.45. The SMILES string of the molecule is CCCCC(NC(=O)c1ccc(C(C)C)cc1)C(=O)O. The van der Waals surface area contributed by atoms with E-state index in [1.165, 1.54) is 0 Å². The number of rotatable bonds is 7. The molecule has 0 bridgehead atoms. The van der Waals surface area contributed by atoms with E-state index in [0.29, 0.717) is 17.9 Å². The van der Waals surface area contributed by atoms with E-state index in [0.717, 1.165) is 18.4 Å². The number of nitrogens with one attached hydrogen (secondary N) is 1. The monoisotopic (exact) mass is 277 g/mol. The number of carbonyl (C=O) groups is 2. The van der Waals surface area contributed by atoms with Gasteiger partial charge in [-0.25, -0.2) is 4.79 Å². The minimum absolute atomic E-state index is 0.330. The van der Waals surface area contributed by atoms with Crippen LogP contribution in [0.15, 0.2) is 24.3 Å². The lowest BCUT2D eigenvalue weighted by atomic mass is 10.0. The number of hydrogen-bond acceptors (Lipinski definition) is 2. The molecule has 0 aromatic heterocycles. The molecule has 110 valence electrons. The third-order valence-corrected chi connectivity index (χ3v) is 3.29. The van der Waals surface area contributed by atoms with Gasteiger partial charge in [-0.1, -0.05) is 45.7 Å². The Balaban J connectivity index is 2.70. The van der Waals surface area contributed by atoms with Gasteiger partial charge >= 0.3 is 5.97 Å². The third kappa shape index (κ3) is 4.68.